The summed E-state index contributed by atoms with van der Waals surface area (Å²) in [6.07, 6.45) is 3.06. The maximum atomic E-state index is 9.59. The number of phenols is 1. The molecule has 2 aromatic rings. The minimum atomic E-state index is 0. The summed E-state index contributed by atoms with van der Waals surface area (Å²) >= 11 is 0. The third-order valence-electron chi connectivity index (χ3n) is 5.63. The summed E-state index contributed by atoms with van der Waals surface area (Å²) in [5, 5.41) is 16.6. The van der Waals surface area contributed by atoms with Crippen molar-refractivity contribution < 1.29 is 5.11 Å². The van der Waals surface area contributed by atoms with E-state index in [4.69, 9.17) is 4.99 Å². The summed E-state index contributed by atoms with van der Waals surface area (Å²) in [4.78, 5) is 7.30. The third kappa shape index (κ3) is 7.47. The minimum Gasteiger partial charge on any atom is -0.508 e. The molecule has 0 aliphatic carbocycles. The molecule has 1 fully saturated rings. The first-order valence-corrected chi connectivity index (χ1v) is 10.8. The third-order valence-corrected chi connectivity index (χ3v) is 5.63. The van der Waals surface area contributed by atoms with Crippen LogP contribution in [0.15, 0.2) is 59.6 Å². The first-order chi connectivity index (χ1) is 14.2. The molecule has 5 nitrogen and oxygen atoms in total. The maximum absolute atomic E-state index is 9.59. The van der Waals surface area contributed by atoms with Gasteiger partial charge in [-0.25, -0.2) is 0 Å². The summed E-state index contributed by atoms with van der Waals surface area (Å²) in [5.41, 5.74) is 2.49. The van der Waals surface area contributed by atoms with Crippen LogP contribution in [-0.4, -0.2) is 48.2 Å². The van der Waals surface area contributed by atoms with E-state index >= 15 is 0 Å². The van der Waals surface area contributed by atoms with Gasteiger partial charge in [-0.3, -0.25) is 9.89 Å². The lowest BCUT2D eigenvalue weighted by molar-refractivity contribution is 0.158. The first kappa shape index (κ1) is 24.5. The number of aromatic hydroxyl groups is 1. The first-order valence-electron chi connectivity index (χ1n) is 10.8. The molecule has 0 spiro atoms. The Morgan fingerprint density at radius 2 is 1.87 bits per heavy atom. The zero-order valence-electron chi connectivity index (χ0n) is 18.1. The monoisotopic (exact) mass is 522 g/mol. The van der Waals surface area contributed by atoms with Crippen molar-refractivity contribution in [3.8, 4) is 5.75 Å². The van der Waals surface area contributed by atoms with Crippen molar-refractivity contribution in [2.75, 3.05) is 26.2 Å². The van der Waals surface area contributed by atoms with Crippen LogP contribution in [0.3, 0.4) is 0 Å². The summed E-state index contributed by atoms with van der Waals surface area (Å²) < 4.78 is 0. The van der Waals surface area contributed by atoms with E-state index in [-0.39, 0.29) is 24.0 Å². The number of hydrogen-bond acceptors (Lipinski definition) is 3. The Morgan fingerprint density at radius 1 is 1.13 bits per heavy atom. The van der Waals surface area contributed by atoms with Crippen molar-refractivity contribution in [2.24, 2.45) is 4.99 Å². The van der Waals surface area contributed by atoms with Gasteiger partial charge in [-0.15, -0.1) is 24.0 Å². The Kier molecular flexibility index (Phi) is 10.4. The van der Waals surface area contributed by atoms with Gasteiger partial charge in [-0.1, -0.05) is 42.5 Å². The predicted molar refractivity (Wildman–Crippen MR) is 136 cm³/mol. The number of halogens is 1. The predicted octanol–water partition coefficient (Wildman–Crippen LogP) is 4.33. The van der Waals surface area contributed by atoms with Gasteiger partial charge in [-0.2, -0.15) is 0 Å². The molecule has 1 unspecified atom stereocenters. The smallest absolute Gasteiger partial charge is 0.191 e. The Labute approximate surface area is 198 Å². The van der Waals surface area contributed by atoms with Crippen LogP contribution in [0, 0.1) is 0 Å². The molecule has 1 aliphatic rings. The number of benzene rings is 2. The Morgan fingerprint density at radius 3 is 2.53 bits per heavy atom. The Hall–Kier alpha value is -1.80. The van der Waals surface area contributed by atoms with Crippen LogP contribution in [0.5, 0.6) is 5.75 Å². The average Bonchev–Trinajstić information content (AvgIpc) is 2.75. The highest BCUT2D eigenvalue weighted by Crippen LogP contribution is 2.24. The van der Waals surface area contributed by atoms with Crippen molar-refractivity contribution >= 4 is 29.9 Å². The molecule has 1 atom stereocenters. The number of phenolic OH excluding ortho intramolecular Hbond substituents is 1. The molecule has 6 heteroatoms. The molecule has 0 bridgehead atoms. The van der Waals surface area contributed by atoms with Gasteiger partial charge in [0.1, 0.15) is 5.75 Å². The molecule has 1 aliphatic heterocycles. The van der Waals surface area contributed by atoms with E-state index in [1.807, 2.05) is 12.1 Å². The van der Waals surface area contributed by atoms with Crippen molar-refractivity contribution in [3.05, 3.63) is 65.7 Å². The summed E-state index contributed by atoms with van der Waals surface area (Å²) in [6, 6.07) is 19.1. The van der Waals surface area contributed by atoms with Crippen molar-refractivity contribution in [1.29, 1.82) is 0 Å². The number of hydrogen-bond donors (Lipinski definition) is 3. The second-order valence-corrected chi connectivity index (χ2v) is 7.72. The van der Waals surface area contributed by atoms with Crippen LogP contribution < -0.4 is 10.6 Å². The van der Waals surface area contributed by atoms with Crippen LogP contribution in [0.2, 0.25) is 0 Å². The van der Waals surface area contributed by atoms with Crippen molar-refractivity contribution in [2.45, 2.75) is 45.2 Å². The van der Waals surface area contributed by atoms with Crippen LogP contribution in [0.25, 0.3) is 0 Å². The lowest BCUT2D eigenvalue weighted by Crippen LogP contribution is -2.49. The number of nitrogens with zero attached hydrogens (tertiary/aromatic N) is 2. The van der Waals surface area contributed by atoms with Crippen molar-refractivity contribution in [1.82, 2.24) is 15.5 Å². The van der Waals surface area contributed by atoms with Gasteiger partial charge in [0.25, 0.3) is 0 Å². The fraction of sp³-hybridized carbons (Fsp3) is 0.458. The molecule has 164 valence electrons. The van der Waals surface area contributed by atoms with E-state index in [0.717, 1.165) is 50.4 Å². The van der Waals surface area contributed by atoms with Crippen LogP contribution in [0.4, 0.5) is 0 Å². The van der Waals surface area contributed by atoms with Crippen LogP contribution >= 0.6 is 24.0 Å². The van der Waals surface area contributed by atoms with E-state index in [0.29, 0.717) is 24.4 Å². The number of rotatable bonds is 7. The molecule has 2 aromatic carbocycles. The van der Waals surface area contributed by atoms with Gasteiger partial charge in [0.2, 0.25) is 0 Å². The standard InChI is InChI=1S/C24H34N4O.HI/c1-3-25-24(26-15-12-20-8-7-11-23(29)18-20)27-22-13-16-28(17-14-22)19(2)21-9-5-4-6-10-21;/h4-11,18-19,22,29H,3,12-17H2,1-2H3,(H2,25,26,27);1H. The van der Waals surface area contributed by atoms with Gasteiger partial charge in [0.15, 0.2) is 5.96 Å². The van der Waals surface area contributed by atoms with Crippen LogP contribution in [0.1, 0.15) is 43.9 Å². The molecule has 0 aromatic heterocycles. The second-order valence-electron chi connectivity index (χ2n) is 7.72. The molecule has 3 rings (SSSR count). The summed E-state index contributed by atoms with van der Waals surface area (Å²) in [6.45, 7) is 8.13. The molecular weight excluding hydrogens is 487 g/mol. The zero-order valence-corrected chi connectivity index (χ0v) is 20.4. The molecule has 3 N–H and O–H groups in total. The summed E-state index contributed by atoms with van der Waals surface area (Å²) in [5.74, 6) is 1.20. The molecule has 0 amide bonds. The van der Waals surface area contributed by atoms with E-state index in [1.54, 1.807) is 12.1 Å². The lowest BCUT2D eigenvalue weighted by atomic mass is 10.0. The van der Waals surface area contributed by atoms with Gasteiger partial charge in [0, 0.05) is 38.3 Å². The SMILES string of the molecule is CCNC(=NCCc1cccc(O)c1)NC1CCN(C(C)c2ccccc2)CC1.I. The maximum Gasteiger partial charge on any atom is 0.191 e. The molecule has 30 heavy (non-hydrogen) atoms. The number of piperidine rings is 1. The molecular formula is C24H35IN4O. The normalized spacial score (nSPS) is 16.5. The average molecular weight is 522 g/mol. The highest BCUT2D eigenvalue weighted by Gasteiger charge is 2.23. The fourth-order valence-corrected chi connectivity index (χ4v) is 3.90. The number of likely N-dealkylation sites (tertiary alicyclic amines) is 1. The minimum absolute atomic E-state index is 0. The quantitative estimate of drug-likeness (QED) is 0.288. The van der Waals surface area contributed by atoms with Gasteiger partial charge < -0.3 is 15.7 Å². The topological polar surface area (TPSA) is 59.9 Å². The highest BCUT2D eigenvalue weighted by atomic mass is 127. The lowest BCUT2D eigenvalue weighted by Gasteiger charge is -2.37. The van der Waals surface area contributed by atoms with E-state index < -0.39 is 0 Å². The number of nitrogens with one attached hydrogen (secondary N) is 2. The zero-order chi connectivity index (χ0) is 20.5. The molecule has 1 saturated heterocycles. The van der Waals surface area contributed by atoms with E-state index in [1.165, 1.54) is 5.56 Å². The summed E-state index contributed by atoms with van der Waals surface area (Å²) in [7, 11) is 0. The largest absolute Gasteiger partial charge is 0.508 e. The number of guanidine groups is 1. The fourth-order valence-electron chi connectivity index (χ4n) is 3.90. The van der Waals surface area contributed by atoms with Crippen LogP contribution in [-0.2, 0) is 6.42 Å². The number of aliphatic imine (C=N–C) groups is 1. The molecule has 0 radical (unpaired) electrons. The highest BCUT2D eigenvalue weighted by molar-refractivity contribution is 14.0. The van der Waals surface area contributed by atoms with Gasteiger partial charge in [0.05, 0.1) is 0 Å². The molecule has 0 saturated carbocycles. The molecule has 1 heterocycles. The van der Waals surface area contributed by atoms with E-state index in [9.17, 15) is 5.11 Å². The van der Waals surface area contributed by atoms with Gasteiger partial charge in [-0.05, 0) is 56.4 Å². The van der Waals surface area contributed by atoms with Crippen molar-refractivity contribution in [3.63, 3.8) is 0 Å². The Bertz CT molecular complexity index is 776. The van der Waals surface area contributed by atoms with E-state index in [2.05, 4.69) is 59.7 Å². The second kappa shape index (κ2) is 12.8. The Balaban J connectivity index is 0.00000320. The van der Waals surface area contributed by atoms with Gasteiger partial charge >= 0.3 is 0 Å².